The number of carboxylic acids is 2. The first-order chi connectivity index (χ1) is 7.23. The molecular weight excluding hydrogens is 222 g/mol. The predicted octanol–water partition coefficient (Wildman–Crippen LogP) is -6.67. The zero-order valence-electron chi connectivity index (χ0n) is 9.04. The molecule has 0 amide bonds. The average Bonchev–Trinajstić information content (AvgIpc) is 2.15. The molecule has 2 atom stereocenters. The molecule has 0 radical (unpaired) electrons. The predicted molar refractivity (Wildman–Crippen MR) is 46.8 cm³/mol. The molecule has 0 rings (SSSR count). The lowest BCUT2D eigenvalue weighted by Crippen LogP contribution is -3.06. The van der Waals surface area contributed by atoms with Crippen molar-refractivity contribution in [1.29, 1.82) is 0 Å². The van der Waals surface area contributed by atoms with Crippen molar-refractivity contribution >= 4 is 11.9 Å². The lowest BCUT2D eigenvalue weighted by atomic mass is 10.2. The molecule has 96 valence electrons. The monoisotopic (exact) mass is 238 g/mol. The summed E-state index contributed by atoms with van der Waals surface area (Å²) in [5, 5.41) is 43.9. The van der Waals surface area contributed by atoms with Crippen LogP contribution in [0.1, 0.15) is 0 Å². The van der Waals surface area contributed by atoms with Crippen LogP contribution < -0.4 is 15.1 Å². The summed E-state index contributed by atoms with van der Waals surface area (Å²) in [6, 6.07) is 0. The van der Waals surface area contributed by atoms with E-state index in [0.29, 0.717) is 6.61 Å². The van der Waals surface area contributed by atoms with Crippen molar-refractivity contribution < 1.29 is 40.0 Å². The first-order valence-corrected chi connectivity index (χ1v) is 4.41. The number of carboxylic acid groups (broad SMARTS) is 2. The normalized spacial score (nSPS) is 13.6. The summed E-state index contributed by atoms with van der Waals surface area (Å²) >= 11 is 0. The molecule has 0 heterocycles. The number of aliphatic hydroxyl groups excluding tert-OH is 3. The number of carbonyl (C=O) groups is 2. The number of carbonyl (C=O) groups excluding carboxylic acids is 2. The van der Waals surface area contributed by atoms with Gasteiger partial charge in [-0.1, -0.05) is 0 Å². The maximum atomic E-state index is 9.63. The van der Waals surface area contributed by atoms with Crippen LogP contribution in [-0.4, -0.2) is 66.7 Å². The molecular formula is C8H16NO7-. The van der Waals surface area contributed by atoms with Crippen LogP contribution in [0.15, 0.2) is 0 Å². The Bertz CT molecular complexity index is 200. The van der Waals surface area contributed by atoms with Crippen molar-refractivity contribution in [2.24, 2.45) is 0 Å². The molecule has 0 saturated heterocycles. The Balaban J connectivity index is 0. The van der Waals surface area contributed by atoms with Gasteiger partial charge in [0.05, 0.1) is 32.6 Å². The van der Waals surface area contributed by atoms with Crippen LogP contribution in [0.3, 0.4) is 0 Å². The highest BCUT2D eigenvalue weighted by molar-refractivity contribution is 5.80. The van der Waals surface area contributed by atoms with Crippen molar-refractivity contribution in [2.75, 3.05) is 27.2 Å². The summed E-state index contributed by atoms with van der Waals surface area (Å²) < 4.78 is 0. The molecule has 8 nitrogen and oxygen atoms in total. The van der Waals surface area contributed by atoms with E-state index in [1.807, 2.05) is 14.1 Å². The molecule has 0 aromatic heterocycles. The van der Waals surface area contributed by atoms with Gasteiger partial charge >= 0.3 is 0 Å². The Morgan fingerprint density at radius 1 is 1.12 bits per heavy atom. The van der Waals surface area contributed by atoms with Gasteiger partial charge in [0.15, 0.2) is 0 Å². The van der Waals surface area contributed by atoms with E-state index in [1.165, 1.54) is 4.90 Å². The first-order valence-electron chi connectivity index (χ1n) is 4.41. The van der Waals surface area contributed by atoms with Gasteiger partial charge in [-0.15, -0.1) is 0 Å². The number of rotatable bonds is 5. The molecule has 2 unspecified atom stereocenters. The van der Waals surface area contributed by atoms with Crippen molar-refractivity contribution in [3.8, 4) is 0 Å². The third kappa shape index (κ3) is 9.34. The van der Waals surface area contributed by atoms with Gasteiger partial charge < -0.3 is 40.0 Å². The van der Waals surface area contributed by atoms with Crippen molar-refractivity contribution in [3.63, 3.8) is 0 Å². The summed E-state index contributed by atoms with van der Waals surface area (Å²) in [7, 11) is 4.02. The molecule has 0 aliphatic rings. The fraction of sp³-hybridized carbons (Fsp3) is 0.750. The molecule has 0 fully saturated rings. The molecule has 0 bridgehead atoms. The van der Waals surface area contributed by atoms with Gasteiger partial charge in [0.25, 0.3) is 0 Å². The third-order valence-electron chi connectivity index (χ3n) is 1.39. The number of nitrogens with one attached hydrogen (secondary N) is 1. The van der Waals surface area contributed by atoms with Crippen LogP contribution in [0, 0.1) is 0 Å². The SMILES string of the molecule is C[NH+](C)CCO.O=C([O-])C(O)C(O)C(=O)[O-]. The Kier molecular flexibility index (Phi) is 9.71. The maximum Gasteiger partial charge on any atom is 0.124 e. The summed E-state index contributed by atoms with van der Waals surface area (Å²) in [6.07, 6.45) is -4.88. The molecule has 0 aromatic carbocycles. The molecule has 0 aliphatic heterocycles. The molecule has 4 N–H and O–H groups in total. The maximum absolute atomic E-state index is 9.63. The van der Waals surface area contributed by atoms with Gasteiger partial charge in [-0.3, -0.25) is 0 Å². The van der Waals surface area contributed by atoms with Gasteiger partial charge in [0.2, 0.25) is 0 Å². The van der Waals surface area contributed by atoms with Crippen LogP contribution in [0.5, 0.6) is 0 Å². The Morgan fingerprint density at radius 2 is 1.44 bits per heavy atom. The van der Waals surface area contributed by atoms with E-state index < -0.39 is 24.1 Å². The lowest BCUT2D eigenvalue weighted by Gasteiger charge is -2.18. The molecule has 16 heavy (non-hydrogen) atoms. The summed E-state index contributed by atoms with van der Waals surface area (Å²) in [4.78, 5) is 20.6. The summed E-state index contributed by atoms with van der Waals surface area (Å²) in [5.74, 6) is -4.12. The van der Waals surface area contributed by atoms with E-state index in [-0.39, 0.29) is 0 Å². The second kappa shape index (κ2) is 9.04. The van der Waals surface area contributed by atoms with Crippen molar-refractivity contribution in [3.05, 3.63) is 0 Å². The summed E-state index contributed by atoms with van der Waals surface area (Å²) in [5.41, 5.74) is 0. The Hall–Kier alpha value is -1.22. The highest BCUT2D eigenvalue weighted by atomic mass is 16.4. The quantitative estimate of drug-likeness (QED) is 0.372. The van der Waals surface area contributed by atoms with Gasteiger partial charge in [-0.05, 0) is 0 Å². The number of aliphatic carboxylic acids is 2. The van der Waals surface area contributed by atoms with Gasteiger partial charge in [0, 0.05) is 0 Å². The van der Waals surface area contributed by atoms with Crippen LogP contribution in [0.2, 0.25) is 0 Å². The van der Waals surface area contributed by atoms with E-state index >= 15 is 0 Å². The van der Waals surface area contributed by atoms with Gasteiger partial charge in [-0.25, -0.2) is 0 Å². The highest BCUT2D eigenvalue weighted by Crippen LogP contribution is 1.88. The van der Waals surface area contributed by atoms with E-state index in [2.05, 4.69) is 0 Å². The molecule has 0 spiro atoms. The number of hydrogen-bond acceptors (Lipinski definition) is 7. The second-order valence-electron chi connectivity index (χ2n) is 3.21. The van der Waals surface area contributed by atoms with Crippen LogP contribution in [0.25, 0.3) is 0 Å². The first kappa shape index (κ1) is 17.2. The van der Waals surface area contributed by atoms with Crippen LogP contribution in [0.4, 0.5) is 0 Å². The minimum absolute atomic E-state index is 0.294. The zero-order valence-corrected chi connectivity index (χ0v) is 9.04. The fourth-order valence-corrected chi connectivity index (χ4v) is 0.481. The Morgan fingerprint density at radius 3 is 1.50 bits per heavy atom. The number of aliphatic hydroxyl groups is 3. The van der Waals surface area contributed by atoms with Gasteiger partial charge in [0.1, 0.15) is 18.8 Å². The third-order valence-corrected chi connectivity index (χ3v) is 1.39. The summed E-state index contributed by atoms with van der Waals surface area (Å²) in [6.45, 7) is 1.14. The number of quaternary nitrogens is 1. The van der Waals surface area contributed by atoms with Crippen LogP contribution in [-0.2, 0) is 9.59 Å². The van der Waals surface area contributed by atoms with Crippen molar-refractivity contribution in [1.82, 2.24) is 0 Å². The van der Waals surface area contributed by atoms with E-state index in [4.69, 9.17) is 15.3 Å². The topological polar surface area (TPSA) is 145 Å². The second-order valence-corrected chi connectivity index (χ2v) is 3.21. The van der Waals surface area contributed by atoms with E-state index in [1.54, 1.807) is 0 Å². The zero-order chi connectivity index (χ0) is 13.3. The highest BCUT2D eigenvalue weighted by Gasteiger charge is 2.17. The Labute approximate surface area is 92.4 Å². The molecule has 0 aromatic rings. The minimum atomic E-state index is -2.44. The van der Waals surface area contributed by atoms with Gasteiger partial charge in [-0.2, -0.15) is 0 Å². The number of hydrogen-bond donors (Lipinski definition) is 4. The minimum Gasteiger partial charge on any atom is -0.547 e. The van der Waals surface area contributed by atoms with Crippen molar-refractivity contribution in [2.45, 2.75) is 12.2 Å². The molecule has 0 aliphatic carbocycles. The number of likely N-dealkylation sites (N-methyl/N-ethyl adjacent to an activating group) is 1. The standard InChI is InChI=1S/C4H11NO.C4H6O6/c1-5(2)3-4-6;5-1(3(7)8)2(6)4(9)10/h6H,3-4H2,1-2H3;1-2,5-6H,(H,7,8)(H,9,10)/p-1. The van der Waals surface area contributed by atoms with Crippen LogP contribution >= 0.6 is 0 Å². The van der Waals surface area contributed by atoms with E-state index in [0.717, 1.165) is 6.54 Å². The average molecular weight is 238 g/mol. The molecule has 8 heteroatoms. The fourth-order valence-electron chi connectivity index (χ4n) is 0.481. The smallest absolute Gasteiger partial charge is 0.124 e. The molecule has 0 saturated carbocycles. The van der Waals surface area contributed by atoms with E-state index in [9.17, 15) is 19.8 Å². The lowest BCUT2D eigenvalue weighted by molar-refractivity contribution is -0.858. The largest absolute Gasteiger partial charge is 0.547 e.